The number of esters is 1. The van der Waals surface area contributed by atoms with E-state index >= 15 is 0 Å². The largest absolute Gasteiger partial charge is 0.496 e. The standard InChI is InChI=1S/C33H24O7/c1-20-31(26-17-23(13-15-28(26)38-20)37-19-21-8-4-3-5-9-21)33(35)39-24-12-14-25-29(18-24)40-30(32(25)34)16-22-10-6-7-11-27(22)36-2/h3-18H,19H2,1-2H3/b30-16-. The van der Waals surface area contributed by atoms with Crippen molar-refractivity contribution < 1.29 is 33.0 Å². The van der Waals surface area contributed by atoms with Gasteiger partial charge in [0.1, 0.15) is 46.5 Å². The van der Waals surface area contributed by atoms with E-state index in [1.165, 1.54) is 6.07 Å². The number of hydrogen-bond acceptors (Lipinski definition) is 7. The molecule has 1 aliphatic rings. The molecular formula is C33H24O7. The van der Waals surface area contributed by atoms with Crippen LogP contribution in [-0.4, -0.2) is 18.9 Å². The molecule has 198 valence electrons. The number of carbonyl (C=O) groups excluding carboxylic acids is 2. The maximum absolute atomic E-state index is 13.3. The van der Waals surface area contributed by atoms with Gasteiger partial charge in [0, 0.05) is 17.0 Å². The van der Waals surface area contributed by atoms with E-state index in [2.05, 4.69) is 0 Å². The molecule has 7 heteroatoms. The van der Waals surface area contributed by atoms with Gasteiger partial charge in [0.15, 0.2) is 5.76 Å². The maximum Gasteiger partial charge on any atom is 0.347 e. The highest BCUT2D eigenvalue weighted by Gasteiger charge is 2.29. The second-order valence-electron chi connectivity index (χ2n) is 9.19. The van der Waals surface area contributed by atoms with Crippen LogP contribution in [0.15, 0.2) is 101 Å². The van der Waals surface area contributed by atoms with Crippen LogP contribution in [0.2, 0.25) is 0 Å². The normalized spacial score (nSPS) is 13.2. The van der Waals surface area contributed by atoms with Crippen LogP contribution < -0.4 is 18.9 Å². The average molecular weight is 533 g/mol. The van der Waals surface area contributed by atoms with Gasteiger partial charge in [-0.2, -0.15) is 0 Å². The van der Waals surface area contributed by atoms with Gasteiger partial charge in [0.25, 0.3) is 0 Å². The molecule has 0 fully saturated rings. The number of ketones is 1. The van der Waals surface area contributed by atoms with Gasteiger partial charge in [-0.05, 0) is 55.0 Å². The minimum Gasteiger partial charge on any atom is -0.496 e. The molecule has 0 atom stereocenters. The quantitative estimate of drug-likeness (QED) is 0.125. The summed E-state index contributed by atoms with van der Waals surface area (Å²) in [5, 5.41) is 0.586. The molecule has 4 aromatic carbocycles. The SMILES string of the molecule is COc1ccccc1/C=C1\Oc2cc(OC(=O)c3c(C)oc4ccc(OCc5ccccc5)cc34)ccc2C1=O. The summed E-state index contributed by atoms with van der Waals surface area (Å²) in [5.74, 6) is 1.49. The monoisotopic (exact) mass is 532 g/mol. The molecule has 0 spiro atoms. The topological polar surface area (TPSA) is 84.2 Å². The van der Waals surface area contributed by atoms with Crippen molar-refractivity contribution in [3.05, 3.63) is 125 Å². The van der Waals surface area contributed by atoms with Gasteiger partial charge in [-0.25, -0.2) is 4.79 Å². The number of hydrogen-bond donors (Lipinski definition) is 0. The van der Waals surface area contributed by atoms with Crippen LogP contribution in [0.3, 0.4) is 0 Å². The lowest BCUT2D eigenvalue weighted by atomic mass is 10.1. The zero-order valence-corrected chi connectivity index (χ0v) is 21.8. The second-order valence-corrected chi connectivity index (χ2v) is 9.19. The first-order valence-electron chi connectivity index (χ1n) is 12.6. The van der Waals surface area contributed by atoms with E-state index < -0.39 is 5.97 Å². The Labute approximate surface area is 230 Å². The van der Waals surface area contributed by atoms with Gasteiger partial charge in [0.2, 0.25) is 5.78 Å². The minimum absolute atomic E-state index is 0.155. The summed E-state index contributed by atoms with van der Waals surface area (Å²) in [6, 6.07) is 27.1. The molecule has 0 unspecified atom stereocenters. The number of aryl methyl sites for hydroxylation is 1. The highest BCUT2D eigenvalue weighted by Crippen LogP contribution is 2.37. The van der Waals surface area contributed by atoms with E-state index in [9.17, 15) is 9.59 Å². The van der Waals surface area contributed by atoms with E-state index in [4.69, 9.17) is 23.4 Å². The zero-order valence-electron chi connectivity index (χ0n) is 21.8. The lowest BCUT2D eigenvalue weighted by molar-refractivity contribution is 0.0734. The molecule has 40 heavy (non-hydrogen) atoms. The average Bonchev–Trinajstić information content (AvgIpc) is 3.47. The Morgan fingerprint density at radius 3 is 2.50 bits per heavy atom. The van der Waals surface area contributed by atoms with Crippen LogP contribution in [0.1, 0.15) is 37.6 Å². The van der Waals surface area contributed by atoms with E-state index in [0.29, 0.717) is 57.3 Å². The number of rotatable bonds is 7. The molecular weight excluding hydrogens is 508 g/mol. The molecule has 0 N–H and O–H groups in total. The van der Waals surface area contributed by atoms with Crippen molar-refractivity contribution in [1.29, 1.82) is 0 Å². The van der Waals surface area contributed by atoms with Crippen molar-refractivity contribution in [2.24, 2.45) is 0 Å². The van der Waals surface area contributed by atoms with Crippen LogP contribution in [0.25, 0.3) is 17.0 Å². The molecule has 5 aromatic rings. The zero-order chi connectivity index (χ0) is 27.6. The first-order chi connectivity index (χ1) is 19.5. The van der Waals surface area contributed by atoms with E-state index in [1.54, 1.807) is 56.5 Å². The van der Waals surface area contributed by atoms with Crippen molar-refractivity contribution in [1.82, 2.24) is 0 Å². The van der Waals surface area contributed by atoms with Crippen molar-refractivity contribution in [3.63, 3.8) is 0 Å². The number of para-hydroxylation sites is 1. The Morgan fingerprint density at radius 2 is 1.68 bits per heavy atom. The molecule has 0 aliphatic carbocycles. The fraction of sp³-hybridized carbons (Fsp3) is 0.0909. The van der Waals surface area contributed by atoms with Gasteiger partial charge in [-0.3, -0.25) is 4.79 Å². The Hall–Kier alpha value is -5.30. The summed E-state index contributed by atoms with van der Waals surface area (Å²) in [4.78, 5) is 26.2. The van der Waals surface area contributed by atoms with Crippen LogP contribution >= 0.6 is 0 Å². The van der Waals surface area contributed by atoms with Crippen LogP contribution in [0.4, 0.5) is 0 Å². The third-order valence-corrected chi connectivity index (χ3v) is 6.57. The molecule has 0 saturated carbocycles. The highest BCUT2D eigenvalue weighted by molar-refractivity contribution is 6.14. The summed E-state index contributed by atoms with van der Waals surface area (Å²) in [7, 11) is 1.56. The first-order valence-corrected chi connectivity index (χ1v) is 12.6. The Kier molecular flexibility index (Phi) is 6.54. The molecule has 0 radical (unpaired) electrons. The van der Waals surface area contributed by atoms with E-state index in [-0.39, 0.29) is 17.3 Å². The summed E-state index contributed by atoms with van der Waals surface area (Å²) in [6.07, 6.45) is 1.63. The fourth-order valence-electron chi connectivity index (χ4n) is 4.60. The Bertz CT molecular complexity index is 1780. The molecule has 1 aliphatic heterocycles. The third kappa shape index (κ3) is 4.80. The van der Waals surface area contributed by atoms with Crippen molar-refractivity contribution in [3.8, 4) is 23.0 Å². The Morgan fingerprint density at radius 1 is 0.900 bits per heavy atom. The summed E-state index contributed by atoms with van der Waals surface area (Å²) < 4.78 is 28.6. The summed E-state index contributed by atoms with van der Waals surface area (Å²) in [6.45, 7) is 2.10. The number of benzene rings is 4. The number of methoxy groups -OCH3 is 1. The predicted octanol–water partition coefficient (Wildman–Crippen LogP) is 7.16. The molecule has 7 nitrogen and oxygen atoms in total. The number of carbonyl (C=O) groups is 2. The van der Waals surface area contributed by atoms with Crippen molar-refractivity contribution in [2.75, 3.05) is 7.11 Å². The number of ether oxygens (including phenoxy) is 4. The first kappa shape index (κ1) is 25.0. The molecule has 0 saturated heterocycles. The summed E-state index contributed by atoms with van der Waals surface area (Å²) >= 11 is 0. The van der Waals surface area contributed by atoms with E-state index in [1.807, 2.05) is 48.5 Å². The smallest absolute Gasteiger partial charge is 0.347 e. The number of Topliss-reactive ketones (excluding diaryl/α,β-unsaturated/α-hetero) is 1. The van der Waals surface area contributed by atoms with E-state index in [0.717, 1.165) is 5.56 Å². The highest BCUT2D eigenvalue weighted by atomic mass is 16.5. The molecule has 2 heterocycles. The summed E-state index contributed by atoms with van der Waals surface area (Å²) in [5.41, 5.74) is 2.97. The van der Waals surface area contributed by atoms with Crippen molar-refractivity contribution >= 4 is 28.8 Å². The molecule has 6 rings (SSSR count). The maximum atomic E-state index is 13.3. The molecule has 0 amide bonds. The second kappa shape index (κ2) is 10.5. The number of furan rings is 1. The van der Waals surface area contributed by atoms with Gasteiger partial charge in [-0.1, -0.05) is 48.5 Å². The van der Waals surface area contributed by atoms with Gasteiger partial charge >= 0.3 is 5.97 Å². The van der Waals surface area contributed by atoms with Gasteiger partial charge in [-0.15, -0.1) is 0 Å². The van der Waals surface area contributed by atoms with Gasteiger partial charge in [0.05, 0.1) is 12.7 Å². The lowest BCUT2D eigenvalue weighted by Crippen LogP contribution is -2.09. The van der Waals surface area contributed by atoms with Crippen LogP contribution in [-0.2, 0) is 6.61 Å². The Balaban J connectivity index is 1.22. The van der Waals surface area contributed by atoms with Crippen LogP contribution in [0.5, 0.6) is 23.0 Å². The molecule has 0 bridgehead atoms. The lowest BCUT2D eigenvalue weighted by Gasteiger charge is -2.07. The molecule has 1 aromatic heterocycles. The number of fused-ring (bicyclic) bond motifs is 2. The third-order valence-electron chi connectivity index (χ3n) is 6.57. The fourth-order valence-corrected chi connectivity index (χ4v) is 4.60. The number of allylic oxidation sites excluding steroid dienone is 1. The minimum atomic E-state index is -0.592. The predicted molar refractivity (Wildman–Crippen MR) is 149 cm³/mol. The van der Waals surface area contributed by atoms with Crippen molar-refractivity contribution in [2.45, 2.75) is 13.5 Å². The van der Waals surface area contributed by atoms with Gasteiger partial charge < -0.3 is 23.4 Å². The van der Waals surface area contributed by atoms with Crippen LogP contribution in [0, 0.1) is 6.92 Å².